The van der Waals surface area contributed by atoms with Gasteiger partial charge in [-0.05, 0) is 30.2 Å². The number of aromatic nitrogens is 3. The van der Waals surface area contributed by atoms with Gasteiger partial charge < -0.3 is 4.84 Å². The third kappa shape index (κ3) is 1.99. The first-order valence-electron chi connectivity index (χ1n) is 4.92. The fraction of sp³-hybridized carbons (Fsp3) is 0.300. The molecule has 0 aliphatic carbocycles. The normalized spacial score (nSPS) is 10.6. The molecule has 2 aromatic rings. The van der Waals surface area contributed by atoms with Crippen molar-refractivity contribution in [1.29, 1.82) is 0 Å². The molecule has 0 bridgehead atoms. The van der Waals surface area contributed by atoms with Crippen LogP contribution in [0.15, 0.2) is 18.3 Å². The molecule has 0 aromatic carbocycles. The first kappa shape index (κ1) is 10.9. The van der Waals surface area contributed by atoms with E-state index in [-0.39, 0.29) is 11.3 Å². The van der Waals surface area contributed by atoms with Gasteiger partial charge in [-0.25, -0.2) is 14.8 Å². The Morgan fingerprint density at radius 3 is 3.19 bits per heavy atom. The molecule has 0 radical (unpaired) electrons. The topological polar surface area (TPSA) is 57.0 Å². The van der Waals surface area contributed by atoms with E-state index in [1.54, 1.807) is 18.3 Å². The predicted octanol–water partition coefficient (Wildman–Crippen LogP) is 1.84. The van der Waals surface area contributed by atoms with E-state index in [0.29, 0.717) is 17.6 Å². The van der Waals surface area contributed by atoms with Crippen molar-refractivity contribution >= 4 is 28.7 Å². The van der Waals surface area contributed by atoms with Crippen LogP contribution >= 0.6 is 11.6 Å². The lowest BCUT2D eigenvalue weighted by molar-refractivity contribution is -0.143. The molecule has 6 heteroatoms. The van der Waals surface area contributed by atoms with Crippen LogP contribution in [0.4, 0.5) is 0 Å². The minimum absolute atomic E-state index is 0.0955. The van der Waals surface area contributed by atoms with Gasteiger partial charge in [0.2, 0.25) is 5.28 Å². The Hall–Kier alpha value is -1.62. The van der Waals surface area contributed by atoms with Gasteiger partial charge in [0.1, 0.15) is 5.52 Å². The molecule has 0 atom stereocenters. The Balaban J connectivity index is 2.36. The quantitative estimate of drug-likeness (QED) is 0.820. The van der Waals surface area contributed by atoms with Crippen LogP contribution in [0, 0.1) is 0 Å². The molecule has 0 N–H and O–H groups in total. The van der Waals surface area contributed by atoms with E-state index in [1.165, 1.54) is 0 Å². The summed E-state index contributed by atoms with van der Waals surface area (Å²) in [5, 5.41) is 0.0955. The molecule has 2 rings (SSSR count). The summed E-state index contributed by atoms with van der Waals surface area (Å²) in [5.41, 5.74) is 1.04. The number of rotatable bonds is 3. The Labute approximate surface area is 97.0 Å². The monoisotopic (exact) mass is 239 g/mol. The first-order valence-corrected chi connectivity index (χ1v) is 5.30. The summed E-state index contributed by atoms with van der Waals surface area (Å²) in [6.07, 6.45) is 2.64. The highest BCUT2D eigenvalue weighted by molar-refractivity contribution is 6.29. The third-order valence-corrected chi connectivity index (χ3v) is 2.22. The molecule has 2 aromatic heterocycles. The summed E-state index contributed by atoms with van der Waals surface area (Å²) in [5.74, 6) is -0.352. The Morgan fingerprint density at radius 1 is 1.62 bits per heavy atom. The number of fused-ring (bicyclic) bond motifs is 1. The predicted molar refractivity (Wildman–Crippen MR) is 59.0 cm³/mol. The molecular weight excluding hydrogens is 230 g/mol. The molecule has 16 heavy (non-hydrogen) atoms. The minimum Gasteiger partial charge on any atom is -0.332 e. The van der Waals surface area contributed by atoms with Crippen LogP contribution in [0.1, 0.15) is 19.8 Å². The van der Waals surface area contributed by atoms with Crippen LogP contribution < -0.4 is 4.84 Å². The van der Waals surface area contributed by atoms with Gasteiger partial charge in [-0.1, -0.05) is 6.92 Å². The van der Waals surface area contributed by atoms with Crippen molar-refractivity contribution in [3.8, 4) is 0 Å². The smallest absolute Gasteiger partial charge is 0.332 e. The van der Waals surface area contributed by atoms with Crippen molar-refractivity contribution in [1.82, 2.24) is 14.7 Å². The van der Waals surface area contributed by atoms with Crippen LogP contribution in [-0.4, -0.2) is 20.7 Å². The fourth-order valence-electron chi connectivity index (χ4n) is 1.30. The van der Waals surface area contributed by atoms with Crippen LogP contribution in [0.2, 0.25) is 5.28 Å². The standard InChI is InChI=1S/C10H10ClN3O2/c1-2-4-8(15)16-14-9-7(13-10(14)11)5-3-6-12-9/h3,5-6H,2,4H2,1H3. The van der Waals surface area contributed by atoms with Crippen LogP contribution in [0.5, 0.6) is 0 Å². The van der Waals surface area contributed by atoms with Gasteiger partial charge >= 0.3 is 5.97 Å². The van der Waals surface area contributed by atoms with E-state index >= 15 is 0 Å². The SMILES string of the molecule is CCCC(=O)On1c(Cl)nc2cccnc21. The van der Waals surface area contributed by atoms with Crippen LogP contribution in [0.3, 0.4) is 0 Å². The van der Waals surface area contributed by atoms with E-state index in [0.717, 1.165) is 11.2 Å². The number of halogens is 1. The summed E-state index contributed by atoms with van der Waals surface area (Å²) in [6.45, 7) is 1.90. The lowest BCUT2D eigenvalue weighted by Crippen LogP contribution is -2.19. The zero-order valence-electron chi connectivity index (χ0n) is 8.68. The molecular formula is C10H10ClN3O2. The molecule has 0 aliphatic heterocycles. The molecule has 2 heterocycles. The highest BCUT2D eigenvalue weighted by Crippen LogP contribution is 2.15. The molecule has 0 saturated carbocycles. The second kappa shape index (κ2) is 4.49. The van der Waals surface area contributed by atoms with Gasteiger partial charge in [0.15, 0.2) is 5.65 Å². The molecule has 0 fully saturated rings. The molecule has 0 amide bonds. The van der Waals surface area contributed by atoms with E-state index in [4.69, 9.17) is 16.4 Å². The summed E-state index contributed by atoms with van der Waals surface area (Å²) < 4.78 is 1.15. The van der Waals surface area contributed by atoms with Crippen LogP contribution in [-0.2, 0) is 4.79 Å². The zero-order chi connectivity index (χ0) is 11.5. The highest BCUT2D eigenvalue weighted by Gasteiger charge is 2.13. The van der Waals surface area contributed by atoms with E-state index in [9.17, 15) is 4.79 Å². The number of pyridine rings is 1. The van der Waals surface area contributed by atoms with Gasteiger partial charge in [-0.3, -0.25) is 0 Å². The van der Waals surface area contributed by atoms with E-state index in [1.807, 2.05) is 6.92 Å². The fourth-order valence-corrected chi connectivity index (χ4v) is 1.50. The Morgan fingerprint density at radius 2 is 2.44 bits per heavy atom. The van der Waals surface area contributed by atoms with E-state index in [2.05, 4.69) is 9.97 Å². The summed E-state index contributed by atoms with van der Waals surface area (Å²) >= 11 is 5.85. The summed E-state index contributed by atoms with van der Waals surface area (Å²) in [7, 11) is 0. The second-order valence-electron chi connectivity index (χ2n) is 3.23. The molecule has 0 aliphatic rings. The van der Waals surface area contributed by atoms with Crippen molar-refractivity contribution in [2.24, 2.45) is 0 Å². The summed E-state index contributed by atoms with van der Waals surface area (Å²) in [4.78, 5) is 24.5. The number of hydrogen-bond donors (Lipinski definition) is 0. The lowest BCUT2D eigenvalue weighted by atomic mass is 10.3. The number of carbonyl (C=O) groups is 1. The highest BCUT2D eigenvalue weighted by atomic mass is 35.5. The van der Waals surface area contributed by atoms with Crippen molar-refractivity contribution in [2.75, 3.05) is 0 Å². The van der Waals surface area contributed by atoms with Gasteiger partial charge in [0.25, 0.3) is 0 Å². The molecule has 0 unspecified atom stereocenters. The van der Waals surface area contributed by atoms with Crippen LogP contribution in [0.25, 0.3) is 11.2 Å². The number of nitrogens with zero attached hydrogens (tertiary/aromatic N) is 3. The van der Waals surface area contributed by atoms with Crippen molar-refractivity contribution in [2.45, 2.75) is 19.8 Å². The average molecular weight is 240 g/mol. The average Bonchev–Trinajstić information content (AvgIpc) is 2.56. The van der Waals surface area contributed by atoms with Crippen molar-refractivity contribution in [3.05, 3.63) is 23.6 Å². The van der Waals surface area contributed by atoms with Gasteiger partial charge in [-0.15, -0.1) is 4.73 Å². The number of imidazole rings is 1. The first-order chi connectivity index (χ1) is 7.72. The number of carbonyl (C=O) groups excluding carboxylic acids is 1. The Kier molecular flexibility index (Phi) is 3.05. The summed E-state index contributed by atoms with van der Waals surface area (Å²) in [6, 6.07) is 3.49. The largest absolute Gasteiger partial charge is 0.333 e. The van der Waals surface area contributed by atoms with Crippen molar-refractivity contribution in [3.63, 3.8) is 0 Å². The zero-order valence-corrected chi connectivity index (χ0v) is 9.44. The molecule has 84 valence electrons. The van der Waals surface area contributed by atoms with Crippen molar-refractivity contribution < 1.29 is 9.63 Å². The molecule has 5 nitrogen and oxygen atoms in total. The van der Waals surface area contributed by atoms with E-state index < -0.39 is 0 Å². The number of hydrogen-bond acceptors (Lipinski definition) is 4. The molecule has 0 spiro atoms. The van der Waals surface area contributed by atoms with Gasteiger partial charge in [0, 0.05) is 12.6 Å². The minimum atomic E-state index is -0.352. The Bertz CT molecular complexity index is 524. The lowest BCUT2D eigenvalue weighted by Gasteiger charge is -2.04. The third-order valence-electron chi connectivity index (χ3n) is 1.99. The van der Waals surface area contributed by atoms with Gasteiger partial charge in [-0.2, -0.15) is 0 Å². The molecule has 0 saturated heterocycles. The second-order valence-corrected chi connectivity index (χ2v) is 3.57. The maximum absolute atomic E-state index is 11.3. The van der Waals surface area contributed by atoms with Gasteiger partial charge in [0.05, 0.1) is 0 Å². The maximum atomic E-state index is 11.3. The maximum Gasteiger partial charge on any atom is 0.333 e.